The molecule has 5 aromatic heterocycles. The number of nitrogens with one attached hydrogen (secondary N) is 5. The van der Waals surface area contributed by atoms with E-state index in [1.54, 1.807) is 121 Å². The van der Waals surface area contributed by atoms with Crippen LogP contribution in [0.1, 0.15) is 98.5 Å². The molecule has 10 aromatic carbocycles. The molecule has 0 saturated heterocycles. The van der Waals surface area contributed by atoms with Crippen molar-refractivity contribution in [3.63, 3.8) is 0 Å². The van der Waals surface area contributed by atoms with Gasteiger partial charge < -0.3 is 72.0 Å². The number of rotatable bonds is 21. The lowest BCUT2D eigenvalue weighted by Gasteiger charge is -2.12. The summed E-state index contributed by atoms with van der Waals surface area (Å²) in [4.78, 5) is 26.6. The number of nitrogens with zero attached hydrogens (tertiary/aromatic N) is 12. The van der Waals surface area contributed by atoms with Crippen LogP contribution in [0.4, 0.5) is 68.2 Å². The van der Waals surface area contributed by atoms with Crippen molar-refractivity contribution in [2.24, 2.45) is 39.9 Å². The fourth-order valence-electron chi connectivity index (χ4n) is 12.5. The van der Waals surface area contributed by atoms with E-state index in [0.29, 0.717) is 127 Å². The van der Waals surface area contributed by atoms with Gasteiger partial charge in [-0.3, -0.25) is 10.1 Å². The van der Waals surface area contributed by atoms with Crippen molar-refractivity contribution in [2.75, 3.05) is 32.3 Å². The highest BCUT2D eigenvalue weighted by Gasteiger charge is 2.24. The Labute approximate surface area is 747 Å². The van der Waals surface area contributed by atoms with Gasteiger partial charge in [0, 0.05) is 128 Å². The van der Waals surface area contributed by atoms with E-state index in [1.165, 1.54) is 17.4 Å². The third-order valence-electron chi connectivity index (χ3n) is 19.1. The summed E-state index contributed by atoms with van der Waals surface area (Å²) in [7, 11) is 3.58. The quantitative estimate of drug-likeness (QED) is 0.0105. The molecule has 0 unspecified atom stereocenters. The van der Waals surface area contributed by atoms with Crippen molar-refractivity contribution >= 4 is 177 Å². The lowest BCUT2D eigenvalue weighted by Crippen LogP contribution is -2.11. The second-order valence-electron chi connectivity index (χ2n) is 27.6. The molecule has 33 heteroatoms. The minimum Gasteiger partial charge on any atom is -0.410 e. The largest absolute Gasteiger partial charge is 0.410 e. The normalized spacial score (nSPS) is 11.5. The summed E-state index contributed by atoms with van der Waals surface area (Å²) in [5.74, 6) is 1.55. The summed E-state index contributed by atoms with van der Waals surface area (Å²) in [6.07, 6.45) is 6.70. The summed E-state index contributed by atoms with van der Waals surface area (Å²) in [5, 5.41) is 98.3. The van der Waals surface area contributed by atoms with Crippen LogP contribution in [0.3, 0.4) is 0 Å². The van der Waals surface area contributed by atoms with E-state index in [4.69, 9.17) is 68.3 Å². The van der Waals surface area contributed by atoms with Crippen LogP contribution < -0.4 is 32.3 Å². The second kappa shape index (κ2) is 42.6. The van der Waals surface area contributed by atoms with E-state index in [9.17, 15) is 36.2 Å². The van der Waals surface area contributed by atoms with Gasteiger partial charge in [0.1, 0.15) is 33.6 Å². The third kappa shape index (κ3) is 22.7. The molecule has 12 N–H and O–H groups in total. The van der Waals surface area contributed by atoms with Crippen molar-refractivity contribution in [2.45, 2.75) is 55.4 Å². The number of oxime groups is 5. The predicted molar refractivity (Wildman–Crippen MR) is 501 cm³/mol. The Morgan fingerprint density at radius 1 is 0.427 bits per heavy atom. The van der Waals surface area contributed by atoms with Crippen LogP contribution >= 0.6 is 80.7 Å². The average Bonchev–Trinajstić information content (AvgIpc) is 1.66. The molecule has 0 spiro atoms. The lowest BCUT2D eigenvalue weighted by atomic mass is 10.0. The second-order valence-corrected chi connectivity index (χ2v) is 32.2. The van der Waals surface area contributed by atoms with E-state index < -0.39 is 4.92 Å². The number of aryl methyl sites for hydroxylation is 10. The van der Waals surface area contributed by atoms with Gasteiger partial charge in [-0.2, -0.15) is 0 Å². The van der Waals surface area contributed by atoms with Crippen molar-refractivity contribution in [3.8, 4) is 0 Å². The Kier molecular flexibility index (Phi) is 31.2. The average molecular weight is 1800 g/mol. The molecular weight excluding hydrogens is 1710 g/mol. The first-order chi connectivity index (χ1) is 59.7. The molecule has 0 radical (unpaired) electrons. The van der Waals surface area contributed by atoms with E-state index >= 15 is 0 Å². The number of anilines is 11. The van der Waals surface area contributed by atoms with Crippen molar-refractivity contribution in [1.82, 2.24) is 29.2 Å². The Bertz CT molecular complexity index is 6460. The molecule has 0 aliphatic rings. The number of para-hydroxylation sites is 7. The van der Waals surface area contributed by atoms with Crippen LogP contribution in [-0.4, -0.2) is 88.8 Å². The fraction of sp³-hybridized carbons (Fsp3) is 0.110. The zero-order chi connectivity index (χ0) is 88.8. The molecule has 124 heavy (non-hydrogen) atoms. The van der Waals surface area contributed by atoms with Gasteiger partial charge in [-0.05, 0) is 212 Å². The number of hydrogen-bond acceptors (Lipinski definition) is 25. The Hall–Kier alpha value is -13.8. The van der Waals surface area contributed by atoms with Crippen molar-refractivity contribution < 1.29 is 35.5 Å². The number of halogens is 5. The fourth-order valence-corrected chi connectivity index (χ4v) is 15.6. The first-order valence-corrected chi connectivity index (χ1v) is 41.3. The van der Waals surface area contributed by atoms with Gasteiger partial charge in [-0.1, -0.05) is 168 Å². The first kappa shape index (κ1) is 90.9. The lowest BCUT2D eigenvalue weighted by molar-refractivity contribution is -0.383. The summed E-state index contributed by atoms with van der Waals surface area (Å²) in [5.41, 5.74) is 25.1. The number of nitrogen functional groups attached to an aromatic ring is 1. The van der Waals surface area contributed by atoms with Crippen LogP contribution in [0.15, 0.2) is 280 Å². The summed E-state index contributed by atoms with van der Waals surface area (Å²) >= 11 is 35.1. The minimum atomic E-state index is -0.462. The molecule has 632 valence electrons. The van der Waals surface area contributed by atoms with Crippen LogP contribution in [-0.2, 0) is 14.1 Å². The van der Waals surface area contributed by atoms with Gasteiger partial charge in [-0.25, -0.2) is 15.0 Å². The molecule has 0 amide bonds. The Balaban J connectivity index is 0.000000151. The molecule has 0 atom stereocenters. The number of nitro groups is 1. The Morgan fingerprint density at radius 3 is 1.11 bits per heavy atom. The number of benzene rings is 10. The standard InChI is InChI=1S/C19H18ClN3O2.C19H18ClN3OS.C19H17ClN2OS.C17H14ClN5O3.C17H16ClN5O/c1-11-6-4-5-7-17(11)21-14-8-9-15(16(20)10-14)19(22-24)18-12(2)23-25-13(18)3;1-11-6-4-5-7-17(11)22-14-8-9-15(16(20)10-14)18(23-24)19-21-12(2)13(3)25-19;1-12-5-3-4-6-17(12)21-14-8-9-15(16(20)11-14)19(22-23)18-10-7-13(2)24-18;1-22-9-8-19-17(22)16(21-24)12-7-6-11(10-13(12)18)20-14-4-2-3-5-15(14)23(25)26;1-23-9-8-20-17(23)16(22-24)12-7-6-11(10-13(12)18)21-15-5-3-2-4-14(15)19/h4-10,21,24H,1-3H3;4-10,22,24H,1-3H3;3-11,21,23H,1-2H3;2-10,20,24H,1H3;2-10,21,24H,19H2,1H3. The van der Waals surface area contributed by atoms with E-state index in [2.05, 4.69) is 72.5 Å². The summed E-state index contributed by atoms with van der Waals surface area (Å²) in [6, 6.07) is 68.8. The van der Waals surface area contributed by atoms with E-state index in [-0.39, 0.29) is 11.4 Å². The molecule has 5 heterocycles. The van der Waals surface area contributed by atoms with E-state index in [0.717, 1.165) is 82.5 Å². The Morgan fingerprint density at radius 2 is 0.782 bits per heavy atom. The van der Waals surface area contributed by atoms with Crippen LogP contribution in [0.25, 0.3) is 0 Å². The van der Waals surface area contributed by atoms with E-state index in [1.807, 2.05) is 212 Å². The number of aromatic nitrogens is 6. The molecule has 0 aliphatic carbocycles. The number of hydrogen-bond donors (Lipinski definition) is 11. The van der Waals surface area contributed by atoms with Crippen molar-refractivity contribution in [3.05, 3.63) is 383 Å². The maximum Gasteiger partial charge on any atom is 0.292 e. The minimum absolute atomic E-state index is 0.0432. The molecule has 0 saturated carbocycles. The third-order valence-corrected chi connectivity index (χ3v) is 22.7. The number of thiazole rings is 1. The molecule has 15 rings (SSSR count). The number of nitro benzene ring substituents is 1. The summed E-state index contributed by atoms with van der Waals surface area (Å²) < 4.78 is 8.61. The molecular formula is C91H83Cl5N18O8S2. The first-order valence-electron chi connectivity index (χ1n) is 37.8. The van der Waals surface area contributed by atoms with Crippen LogP contribution in [0, 0.1) is 65.5 Å². The van der Waals surface area contributed by atoms with Gasteiger partial charge in [-0.15, -0.1) is 22.7 Å². The van der Waals surface area contributed by atoms with Crippen molar-refractivity contribution in [1.29, 1.82) is 0 Å². The highest BCUT2D eigenvalue weighted by atomic mass is 35.5. The molecule has 0 fully saturated rings. The van der Waals surface area contributed by atoms with Crippen LogP contribution in [0.2, 0.25) is 25.1 Å². The topological polar surface area (TPSA) is 367 Å². The zero-order valence-electron chi connectivity index (χ0n) is 68.3. The molecule has 0 bridgehead atoms. The maximum atomic E-state index is 11.1. The highest BCUT2D eigenvalue weighted by molar-refractivity contribution is 7.14. The number of imidazole rings is 2. The van der Waals surface area contributed by atoms with Gasteiger partial charge in [0.05, 0.1) is 63.2 Å². The monoisotopic (exact) mass is 1790 g/mol. The van der Waals surface area contributed by atoms with Gasteiger partial charge in [0.25, 0.3) is 5.69 Å². The van der Waals surface area contributed by atoms with Gasteiger partial charge in [0.2, 0.25) is 0 Å². The molecule has 15 aromatic rings. The van der Waals surface area contributed by atoms with Gasteiger partial charge in [0.15, 0.2) is 23.1 Å². The molecule has 0 aliphatic heterocycles. The smallest absolute Gasteiger partial charge is 0.292 e. The zero-order valence-corrected chi connectivity index (χ0v) is 73.7. The highest BCUT2D eigenvalue weighted by Crippen LogP contribution is 2.36. The summed E-state index contributed by atoms with van der Waals surface area (Å²) in [6.45, 7) is 15.6. The number of nitrogens with two attached hydrogens (primary N) is 1. The SMILES string of the molecule is Cc1ccc(C(=NO)c2ccc(Nc3ccccc3C)cc2Cl)s1.Cc1ccccc1Nc1ccc(C(=NO)c2c(C)noc2C)c(Cl)c1.Cc1ccccc1Nc1ccc(C(=NO)c2nc(C)c(C)s2)c(Cl)c1.Cn1ccnc1C(=NO)c1ccc(Nc2ccccc2N)cc1Cl.Cn1ccnc1C(=NO)c1ccc(Nc2ccccc2[N+](=O)[O-])cc1Cl. The maximum absolute atomic E-state index is 11.1. The van der Waals surface area contributed by atoms with Gasteiger partial charge >= 0.3 is 0 Å². The predicted octanol–water partition coefficient (Wildman–Crippen LogP) is 24.5. The number of thiophene rings is 1. The van der Waals surface area contributed by atoms with Crippen LogP contribution in [0.5, 0.6) is 0 Å². The molecule has 26 nitrogen and oxygen atoms in total.